The van der Waals surface area contributed by atoms with Gasteiger partial charge in [-0.3, -0.25) is 4.79 Å². The van der Waals surface area contributed by atoms with Crippen LogP contribution in [0, 0.1) is 11.8 Å². The summed E-state index contributed by atoms with van der Waals surface area (Å²) in [5.74, 6) is 1.17. The molecular weight excluding hydrogens is 186 g/mol. The van der Waals surface area contributed by atoms with Crippen LogP contribution in [0.4, 0.5) is 0 Å². The number of hydrogen-bond acceptors (Lipinski definition) is 1. The van der Waals surface area contributed by atoms with Gasteiger partial charge in [0.25, 0.3) is 0 Å². The minimum atomic E-state index is 0.145. The SMILES string of the molecule is CC(C)C/C=C/C(C)CC(=O)NC(C)C. The van der Waals surface area contributed by atoms with Crippen molar-refractivity contribution < 1.29 is 4.79 Å². The van der Waals surface area contributed by atoms with Crippen LogP contribution >= 0.6 is 0 Å². The van der Waals surface area contributed by atoms with Crippen molar-refractivity contribution >= 4 is 5.91 Å². The fourth-order valence-corrected chi connectivity index (χ4v) is 1.32. The third-order valence-corrected chi connectivity index (χ3v) is 2.03. The van der Waals surface area contributed by atoms with Gasteiger partial charge < -0.3 is 5.32 Å². The maximum Gasteiger partial charge on any atom is 0.220 e. The molecule has 88 valence electrons. The number of hydrogen-bond donors (Lipinski definition) is 1. The number of rotatable bonds is 6. The molecule has 2 heteroatoms. The molecule has 2 nitrogen and oxygen atoms in total. The number of allylic oxidation sites excluding steroid dienone is 2. The summed E-state index contributed by atoms with van der Waals surface area (Å²) in [5, 5.41) is 2.90. The van der Waals surface area contributed by atoms with Gasteiger partial charge in [-0.25, -0.2) is 0 Å². The van der Waals surface area contributed by atoms with E-state index in [1.54, 1.807) is 0 Å². The highest BCUT2D eigenvalue weighted by atomic mass is 16.1. The molecule has 0 aromatic rings. The van der Waals surface area contributed by atoms with E-state index in [1.165, 1.54) is 0 Å². The highest BCUT2D eigenvalue weighted by Gasteiger charge is 2.06. The van der Waals surface area contributed by atoms with Crippen LogP contribution in [-0.4, -0.2) is 11.9 Å². The van der Waals surface area contributed by atoms with Gasteiger partial charge in [0.15, 0.2) is 0 Å². The van der Waals surface area contributed by atoms with Crippen molar-refractivity contribution in [2.75, 3.05) is 0 Å². The largest absolute Gasteiger partial charge is 0.354 e. The van der Waals surface area contributed by atoms with Gasteiger partial charge in [-0.05, 0) is 32.1 Å². The van der Waals surface area contributed by atoms with Gasteiger partial charge in [-0.15, -0.1) is 0 Å². The fourth-order valence-electron chi connectivity index (χ4n) is 1.32. The van der Waals surface area contributed by atoms with Gasteiger partial charge >= 0.3 is 0 Å². The van der Waals surface area contributed by atoms with Crippen molar-refractivity contribution in [1.29, 1.82) is 0 Å². The smallest absolute Gasteiger partial charge is 0.220 e. The summed E-state index contributed by atoms with van der Waals surface area (Å²) >= 11 is 0. The third kappa shape index (κ3) is 9.51. The number of nitrogens with one attached hydrogen (secondary N) is 1. The van der Waals surface area contributed by atoms with Crippen molar-refractivity contribution in [3.63, 3.8) is 0 Å². The van der Waals surface area contributed by atoms with Gasteiger partial charge in [0, 0.05) is 12.5 Å². The molecule has 1 amide bonds. The Morgan fingerprint density at radius 3 is 2.27 bits per heavy atom. The molecule has 0 bridgehead atoms. The minimum absolute atomic E-state index is 0.145. The molecule has 1 unspecified atom stereocenters. The Bertz CT molecular complexity index is 207. The van der Waals surface area contributed by atoms with Gasteiger partial charge in [-0.1, -0.05) is 32.9 Å². The second kappa shape index (κ2) is 7.49. The zero-order chi connectivity index (χ0) is 11.8. The zero-order valence-corrected chi connectivity index (χ0v) is 10.7. The van der Waals surface area contributed by atoms with E-state index >= 15 is 0 Å². The van der Waals surface area contributed by atoms with Crippen LogP contribution in [0.1, 0.15) is 47.5 Å². The summed E-state index contributed by atoms with van der Waals surface area (Å²) in [4.78, 5) is 11.4. The first-order chi connectivity index (χ1) is 6.91. The zero-order valence-electron chi connectivity index (χ0n) is 10.7. The fraction of sp³-hybridized carbons (Fsp3) is 0.769. The lowest BCUT2D eigenvalue weighted by Gasteiger charge is -2.10. The van der Waals surface area contributed by atoms with E-state index < -0.39 is 0 Å². The molecule has 0 saturated carbocycles. The van der Waals surface area contributed by atoms with Crippen LogP contribution in [0.3, 0.4) is 0 Å². The van der Waals surface area contributed by atoms with Crippen LogP contribution in [-0.2, 0) is 4.79 Å². The minimum Gasteiger partial charge on any atom is -0.354 e. The molecule has 0 spiro atoms. The maximum atomic E-state index is 11.4. The molecule has 0 aliphatic heterocycles. The van der Waals surface area contributed by atoms with E-state index in [-0.39, 0.29) is 11.9 Å². The van der Waals surface area contributed by atoms with Gasteiger partial charge in [-0.2, -0.15) is 0 Å². The standard InChI is InChI=1S/C13H25NO/c1-10(2)7-6-8-12(5)9-13(15)14-11(3)4/h6,8,10-12H,7,9H2,1-5H3,(H,14,15)/b8-6+. The molecule has 0 heterocycles. The van der Waals surface area contributed by atoms with Crippen LogP contribution in [0.5, 0.6) is 0 Å². The second-order valence-electron chi connectivity index (χ2n) is 4.96. The Balaban J connectivity index is 3.77. The van der Waals surface area contributed by atoms with E-state index in [2.05, 4.69) is 38.2 Å². The quantitative estimate of drug-likeness (QED) is 0.672. The van der Waals surface area contributed by atoms with Gasteiger partial charge in [0.1, 0.15) is 0 Å². The summed E-state index contributed by atoms with van der Waals surface area (Å²) in [7, 11) is 0. The van der Waals surface area contributed by atoms with Crippen molar-refractivity contribution in [2.45, 2.75) is 53.5 Å². The van der Waals surface area contributed by atoms with E-state index in [1.807, 2.05) is 13.8 Å². The topological polar surface area (TPSA) is 29.1 Å². The lowest BCUT2D eigenvalue weighted by molar-refractivity contribution is -0.122. The average molecular weight is 211 g/mol. The lowest BCUT2D eigenvalue weighted by atomic mass is 10.0. The molecule has 0 rings (SSSR count). The normalized spacial score (nSPS) is 13.8. The highest BCUT2D eigenvalue weighted by molar-refractivity contribution is 5.76. The first kappa shape index (κ1) is 14.2. The molecule has 0 aliphatic rings. The van der Waals surface area contributed by atoms with Crippen LogP contribution in [0.25, 0.3) is 0 Å². The van der Waals surface area contributed by atoms with Crippen molar-refractivity contribution in [3.05, 3.63) is 12.2 Å². The third-order valence-electron chi connectivity index (χ3n) is 2.03. The lowest BCUT2D eigenvalue weighted by Crippen LogP contribution is -2.30. The van der Waals surface area contributed by atoms with Crippen LogP contribution in [0.2, 0.25) is 0 Å². The molecule has 15 heavy (non-hydrogen) atoms. The molecule has 0 aliphatic carbocycles. The molecule has 0 fully saturated rings. The Morgan fingerprint density at radius 1 is 1.20 bits per heavy atom. The summed E-state index contributed by atoms with van der Waals surface area (Å²) < 4.78 is 0. The van der Waals surface area contributed by atoms with Crippen molar-refractivity contribution in [3.8, 4) is 0 Å². The first-order valence-corrected chi connectivity index (χ1v) is 5.87. The predicted molar refractivity (Wildman–Crippen MR) is 65.7 cm³/mol. The summed E-state index contributed by atoms with van der Waals surface area (Å²) in [5.41, 5.74) is 0. The molecular formula is C13H25NO. The van der Waals surface area contributed by atoms with Crippen LogP contribution in [0.15, 0.2) is 12.2 Å². The van der Waals surface area contributed by atoms with Crippen LogP contribution < -0.4 is 5.32 Å². The maximum absolute atomic E-state index is 11.4. The van der Waals surface area contributed by atoms with E-state index in [0.717, 1.165) is 6.42 Å². The number of amides is 1. The van der Waals surface area contributed by atoms with E-state index in [4.69, 9.17) is 0 Å². The first-order valence-electron chi connectivity index (χ1n) is 5.87. The Morgan fingerprint density at radius 2 is 1.80 bits per heavy atom. The predicted octanol–water partition coefficient (Wildman–Crippen LogP) is 3.14. The molecule has 0 aromatic heterocycles. The Labute approximate surface area is 94.1 Å². The Hall–Kier alpha value is -0.790. The van der Waals surface area contributed by atoms with E-state index in [9.17, 15) is 4.79 Å². The number of carbonyl (C=O) groups excluding carboxylic acids is 1. The Kier molecular flexibility index (Phi) is 7.10. The monoisotopic (exact) mass is 211 g/mol. The highest BCUT2D eigenvalue weighted by Crippen LogP contribution is 2.07. The number of carbonyl (C=O) groups is 1. The molecule has 1 N–H and O–H groups in total. The van der Waals surface area contributed by atoms with Gasteiger partial charge in [0.2, 0.25) is 5.91 Å². The summed E-state index contributed by atoms with van der Waals surface area (Å²) in [6.45, 7) is 10.4. The summed E-state index contributed by atoms with van der Waals surface area (Å²) in [6.07, 6.45) is 6.00. The molecule has 1 atom stereocenters. The van der Waals surface area contributed by atoms with Gasteiger partial charge in [0.05, 0.1) is 0 Å². The second-order valence-corrected chi connectivity index (χ2v) is 4.96. The van der Waals surface area contributed by atoms with E-state index in [0.29, 0.717) is 18.3 Å². The van der Waals surface area contributed by atoms with Crippen molar-refractivity contribution in [2.24, 2.45) is 11.8 Å². The molecule has 0 aromatic carbocycles. The molecule has 0 saturated heterocycles. The summed E-state index contributed by atoms with van der Waals surface area (Å²) in [6, 6.07) is 0.240. The average Bonchev–Trinajstić information content (AvgIpc) is 2.00. The van der Waals surface area contributed by atoms with Crippen molar-refractivity contribution in [1.82, 2.24) is 5.32 Å². The molecule has 0 radical (unpaired) electrons.